The van der Waals surface area contributed by atoms with Crippen molar-refractivity contribution in [2.75, 3.05) is 11.9 Å². The van der Waals surface area contributed by atoms with E-state index in [-0.39, 0.29) is 5.56 Å². The first-order valence-corrected chi connectivity index (χ1v) is 10.3. The summed E-state index contributed by atoms with van der Waals surface area (Å²) >= 11 is 6.20. The highest BCUT2D eigenvalue weighted by Crippen LogP contribution is 2.20. The zero-order valence-electron chi connectivity index (χ0n) is 16.3. The Hall–Kier alpha value is -3.16. The average molecular weight is 421 g/mol. The summed E-state index contributed by atoms with van der Waals surface area (Å²) in [5, 5.41) is 6.81. The largest absolute Gasteiger partial charge is 0.350 e. The van der Waals surface area contributed by atoms with Crippen LogP contribution in [0.4, 0.5) is 5.95 Å². The molecule has 0 bridgehead atoms. The second kappa shape index (κ2) is 7.93. The third-order valence-corrected chi connectivity index (χ3v) is 5.75. The summed E-state index contributed by atoms with van der Waals surface area (Å²) in [6.45, 7) is 2.93. The Morgan fingerprint density at radius 2 is 1.87 bits per heavy atom. The number of H-pyrrole nitrogens is 1. The maximum absolute atomic E-state index is 12.6. The molecule has 0 spiro atoms. The first kappa shape index (κ1) is 18.8. The average Bonchev–Trinajstić information content (AvgIpc) is 3.17. The number of nitrogens with one attached hydrogen (secondary N) is 2. The highest BCUT2D eigenvalue weighted by Gasteiger charge is 2.17. The van der Waals surface area contributed by atoms with Crippen LogP contribution in [-0.2, 0) is 26.1 Å². The van der Waals surface area contributed by atoms with E-state index in [0.29, 0.717) is 29.8 Å². The van der Waals surface area contributed by atoms with Gasteiger partial charge in [0.1, 0.15) is 0 Å². The van der Waals surface area contributed by atoms with Crippen molar-refractivity contribution in [1.29, 1.82) is 0 Å². The molecule has 0 amide bonds. The molecule has 1 aliphatic rings. The molecule has 2 aromatic heterocycles. The van der Waals surface area contributed by atoms with Crippen molar-refractivity contribution in [1.82, 2.24) is 24.5 Å². The number of hydrogen-bond donors (Lipinski definition) is 2. The molecule has 0 radical (unpaired) electrons. The van der Waals surface area contributed by atoms with Crippen LogP contribution in [0.5, 0.6) is 0 Å². The summed E-state index contributed by atoms with van der Waals surface area (Å²) in [5.41, 5.74) is 4.24. The van der Waals surface area contributed by atoms with E-state index < -0.39 is 0 Å². The number of rotatable bonds is 5. The Kier molecular flexibility index (Phi) is 4.98. The summed E-state index contributed by atoms with van der Waals surface area (Å²) in [7, 11) is 0. The summed E-state index contributed by atoms with van der Waals surface area (Å²) < 4.78 is 1.35. The fourth-order valence-corrected chi connectivity index (χ4v) is 4.03. The molecule has 4 aromatic rings. The first-order valence-electron chi connectivity index (χ1n) is 9.91. The first-order chi connectivity index (χ1) is 14.7. The zero-order valence-corrected chi connectivity index (χ0v) is 17.1. The van der Waals surface area contributed by atoms with Gasteiger partial charge in [0.15, 0.2) is 0 Å². The van der Waals surface area contributed by atoms with Crippen molar-refractivity contribution in [3.8, 4) is 0 Å². The van der Waals surface area contributed by atoms with Gasteiger partial charge in [-0.15, -0.1) is 0 Å². The highest BCUT2D eigenvalue weighted by molar-refractivity contribution is 6.31. The lowest BCUT2D eigenvalue weighted by Crippen LogP contribution is -2.31. The number of nitrogens with zero attached hydrogens (tertiary/aromatic N) is 4. The molecule has 3 heterocycles. The van der Waals surface area contributed by atoms with Gasteiger partial charge in [0.25, 0.3) is 11.3 Å². The van der Waals surface area contributed by atoms with Gasteiger partial charge in [-0.2, -0.15) is 9.50 Å². The molecule has 1 aliphatic heterocycles. The Morgan fingerprint density at radius 1 is 1.07 bits per heavy atom. The third-order valence-electron chi connectivity index (χ3n) is 5.38. The Morgan fingerprint density at radius 3 is 2.73 bits per heavy atom. The van der Waals surface area contributed by atoms with Crippen LogP contribution in [0, 0.1) is 0 Å². The number of anilines is 1. The molecule has 0 saturated heterocycles. The Balaban J connectivity index is 1.33. The van der Waals surface area contributed by atoms with Crippen LogP contribution >= 0.6 is 11.6 Å². The molecule has 152 valence electrons. The fourth-order valence-electron chi connectivity index (χ4n) is 3.83. The van der Waals surface area contributed by atoms with Crippen LogP contribution in [0.25, 0.3) is 5.78 Å². The second-order valence-electron chi connectivity index (χ2n) is 7.47. The van der Waals surface area contributed by atoms with Gasteiger partial charge in [-0.1, -0.05) is 54.1 Å². The van der Waals surface area contributed by atoms with E-state index in [0.717, 1.165) is 30.8 Å². The topological polar surface area (TPSA) is 78.3 Å². The van der Waals surface area contributed by atoms with Crippen molar-refractivity contribution >= 4 is 23.3 Å². The molecule has 2 aromatic carbocycles. The van der Waals surface area contributed by atoms with Crippen molar-refractivity contribution in [3.05, 3.63) is 92.4 Å². The smallest absolute Gasteiger partial charge is 0.274 e. The van der Waals surface area contributed by atoms with Crippen LogP contribution in [-0.4, -0.2) is 31.0 Å². The molecule has 0 aliphatic carbocycles. The highest BCUT2D eigenvalue weighted by atomic mass is 35.5. The number of halogens is 1. The van der Waals surface area contributed by atoms with Crippen molar-refractivity contribution in [3.63, 3.8) is 0 Å². The third kappa shape index (κ3) is 3.81. The maximum Gasteiger partial charge on any atom is 0.274 e. The Bertz CT molecular complexity index is 1260. The number of aromatic nitrogens is 4. The number of aromatic amines is 1. The number of fused-ring (bicyclic) bond motifs is 2. The summed E-state index contributed by atoms with van der Waals surface area (Å²) in [6, 6.07) is 17.7. The van der Waals surface area contributed by atoms with Crippen LogP contribution in [0.1, 0.15) is 22.4 Å². The van der Waals surface area contributed by atoms with Crippen molar-refractivity contribution in [2.24, 2.45) is 0 Å². The molecule has 8 heteroatoms. The molecule has 5 rings (SSSR count). The van der Waals surface area contributed by atoms with Crippen LogP contribution < -0.4 is 10.9 Å². The molecule has 2 N–H and O–H groups in total. The molecule has 7 nitrogen and oxygen atoms in total. The van der Waals surface area contributed by atoms with Gasteiger partial charge in [0.2, 0.25) is 5.95 Å². The second-order valence-corrected chi connectivity index (χ2v) is 7.87. The molecule has 30 heavy (non-hydrogen) atoms. The standard InChI is InChI=1S/C22H21ClN6O/c23-19-8-4-3-6-16(19)12-24-21-26-22-25-18(11-20(30)29(22)27-21)14-28-10-9-15-5-1-2-7-17(15)13-28/h1-8,11H,9-10,12-14H2,(H2,24,25,26,27). The van der Waals surface area contributed by atoms with Gasteiger partial charge in [-0.3, -0.25) is 14.8 Å². The van der Waals surface area contributed by atoms with Gasteiger partial charge in [-0.05, 0) is 29.2 Å². The predicted molar refractivity (Wildman–Crippen MR) is 117 cm³/mol. The van der Waals surface area contributed by atoms with E-state index in [4.69, 9.17) is 11.6 Å². The van der Waals surface area contributed by atoms with Crippen molar-refractivity contribution < 1.29 is 0 Å². The molecule has 0 unspecified atom stereocenters. The monoisotopic (exact) mass is 420 g/mol. The lowest BCUT2D eigenvalue weighted by molar-refractivity contribution is 0.242. The number of benzene rings is 2. The minimum Gasteiger partial charge on any atom is -0.350 e. The van der Waals surface area contributed by atoms with E-state index >= 15 is 0 Å². The summed E-state index contributed by atoms with van der Waals surface area (Å²) in [5.74, 6) is 0.833. The Labute approximate surface area is 178 Å². The zero-order chi connectivity index (χ0) is 20.5. The van der Waals surface area contributed by atoms with Crippen LogP contribution in [0.15, 0.2) is 59.4 Å². The predicted octanol–water partition coefficient (Wildman–Crippen LogP) is 3.24. The van der Waals surface area contributed by atoms with Crippen molar-refractivity contribution in [2.45, 2.75) is 26.1 Å². The van der Waals surface area contributed by atoms with Gasteiger partial charge in [0.05, 0.1) is 5.69 Å². The van der Waals surface area contributed by atoms with Gasteiger partial charge >= 0.3 is 0 Å². The normalized spacial score (nSPS) is 14.0. The van der Waals surface area contributed by atoms with Gasteiger partial charge < -0.3 is 5.32 Å². The SMILES string of the molecule is O=c1cc(CN2CCc3ccccc3C2)nc2nc(NCc3ccccc3Cl)[nH]n12. The van der Waals surface area contributed by atoms with E-state index in [1.165, 1.54) is 15.6 Å². The van der Waals surface area contributed by atoms with E-state index in [2.05, 4.69) is 49.5 Å². The van der Waals surface area contributed by atoms with Gasteiger partial charge in [0, 0.05) is 37.3 Å². The lowest BCUT2D eigenvalue weighted by Gasteiger charge is -2.28. The van der Waals surface area contributed by atoms with E-state index in [9.17, 15) is 4.79 Å². The number of hydrogen-bond acceptors (Lipinski definition) is 5. The molecule has 0 atom stereocenters. The lowest BCUT2D eigenvalue weighted by atomic mass is 10.00. The maximum atomic E-state index is 12.6. The van der Waals surface area contributed by atoms with Gasteiger partial charge in [-0.25, -0.2) is 4.98 Å². The fraction of sp³-hybridized carbons (Fsp3) is 0.227. The summed E-state index contributed by atoms with van der Waals surface area (Å²) in [6.07, 6.45) is 1.01. The molecule has 0 saturated carbocycles. The molecular formula is C22H21ClN6O. The van der Waals surface area contributed by atoms with Crippen LogP contribution in [0.2, 0.25) is 5.02 Å². The van der Waals surface area contributed by atoms with Crippen LogP contribution in [0.3, 0.4) is 0 Å². The molecular weight excluding hydrogens is 400 g/mol. The quantitative estimate of drug-likeness (QED) is 0.518. The minimum atomic E-state index is -0.175. The molecule has 0 fully saturated rings. The van der Waals surface area contributed by atoms with E-state index in [1.54, 1.807) is 6.07 Å². The van der Waals surface area contributed by atoms with E-state index in [1.807, 2.05) is 24.3 Å². The summed E-state index contributed by atoms with van der Waals surface area (Å²) in [4.78, 5) is 23.9. The minimum absolute atomic E-state index is 0.175.